The molecule has 1 aliphatic rings. The number of benzene rings is 2. The Kier molecular flexibility index (Phi) is 11.6. The normalized spacial score (nSPS) is 15.4. The summed E-state index contributed by atoms with van der Waals surface area (Å²) in [7, 11) is 0. The Balaban J connectivity index is 1.78. The lowest BCUT2D eigenvalue weighted by Gasteiger charge is -2.34. The molecule has 0 saturated carbocycles. The van der Waals surface area contributed by atoms with E-state index in [2.05, 4.69) is 19.7 Å². The molecule has 0 spiro atoms. The van der Waals surface area contributed by atoms with E-state index in [4.69, 9.17) is 38.3 Å². The topological polar surface area (TPSA) is 199 Å². The third-order valence-electron chi connectivity index (χ3n) is 5.50. The number of hydrogen-bond donors (Lipinski definition) is 2. The number of anilines is 1. The van der Waals surface area contributed by atoms with Gasteiger partial charge in [0.15, 0.2) is 0 Å². The Morgan fingerprint density at radius 2 is 1.76 bits per heavy atom. The third kappa shape index (κ3) is 9.63. The molecule has 42 heavy (non-hydrogen) atoms. The highest BCUT2D eigenvalue weighted by molar-refractivity contribution is 8.65. The first-order valence-electron chi connectivity index (χ1n) is 12.0. The Labute approximate surface area is 248 Å². The zero-order chi connectivity index (χ0) is 30.9. The van der Waals surface area contributed by atoms with Crippen LogP contribution in [0.3, 0.4) is 0 Å². The summed E-state index contributed by atoms with van der Waals surface area (Å²) in [6.45, 7) is 2.70. The molecule has 1 aliphatic heterocycles. The standard InChI is InChI=1S/C23H25N4O12PS2/c1-15(28)24-16-2-7-20(21(12-16)38-22(29)13-18(39-27(33)34)14-36-26(31)32)23(30)37-17-3-5-19(6-4-17)40(41,42)25-8-10-35-11-9-25/h2-7,12,18H,8-11,13-14H2,1H3,(H,24,28)(H,41,42). The summed E-state index contributed by atoms with van der Waals surface area (Å²) in [5.74, 6) is -2.77. The summed E-state index contributed by atoms with van der Waals surface area (Å²) in [4.78, 5) is 66.6. The maximum Gasteiger partial charge on any atom is 0.347 e. The van der Waals surface area contributed by atoms with Crippen LogP contribution in [0.4, 0.5) is 5.69 Å². The largest absolute Gasteiger partial charge is 0.425 e. The van der Waals surface area contributed by atoms with Crippen LogP contribution in [0.15, 0.2) is 42.5 Å². The van der Waals surface area contributed by atoms with Crippen molar-refractivity contribution in [1.29, 1.82) is 0 Å². The predicted octanol–water partition coefficient (Wildman–Crippen LogP) is 2.14. The molecule has 2 aromatic rings. The van der Waals surface area contributed by atoms with Crippen molar-refractivity contribution in [1.82, 2.24) is 4.67 Å². The SMILES string of the molecule is CC(=O)Nc1ccc(C(=O)Oc2ccc(P(=S)(S)N3CCOCC3)cc2)c(OC(=O)CC(CO[N+](=O)[O-])O[N+](=O)[O-])c1. The van der Waals surface area contributed by atoms with Crippen LogP contribution in [0.2, 0.25) is 0 Å². The molecule has 1 N–H and O–H groups in total. The van der Waals surface area contributed by atoms with Crippen molar-refractivity contribution >= 4 is 58.3 Å². The summed E-state index contributed by atoms with van der Waals surface area (Å²) in [5.41, 5.74) is -0.0777. The first-order chi connectivity index (χ1) is 19.8. The fourth-order valence-electron chi connectivity index (χ4n) is 3.66. The second-order valence-corrected chi connectivity index (χ2v) is 14.8. The number of thiol groups is 1. The first-order valence-corrected chi connectivity index (χ1v) is 16.0. The monoisotopic (exact) mass is 644 g/mol. The van der Waals surface area contributed by atoms with Gasteiger partial charge in [-0.2, -0.15) is 0 Å². The number of morpholine rings is 1. The molecule has 1 fully saturated rings. The molecule has 1 amide bonds. The number of carbonyl (C=O) groups excluding carboxylic acids is 3. The molecule has 226 valence electrons. The molecule has 2 unspecified atom stereocenters. The van der Waals surface area contributed by atoms with Crippen molar-refractivity contribution in [2.24, 2.45) is 0 Å². The van der Waals surface area contributed by atoms with Gasteiger partial charge in [0.2, 0.25) is 5.91 Å². The van der Waals surface area contributed by atoms with Crippen molar-refractivity contribution in [3.8, 4) is 11.5 Å². The Hall–Kier alpha value is -3.83. The first kappa shape index (κ1) is 32.7. The lowest BCUT2D eigenvalue weighted by atomic mass is 10.1. The summed E-state index contributed by atoms with van der Waals surface area (Å²) in [6.07, 6.45) is -2.54. The minimum Gasteiger partial charge on any atom is -0.425 e. The maximum absolute atomic E-state index is 13.1. The van der Waals surface area contributed by atoms with Crippen molar-refractivity contribution in [3.63, 3.8) is 0 Å². The Morgan fingerprint density at radius 1 is 1.10 bits per heavy atom. The zero-order valence-corrected chi connectivity index (χ0v) is 24.5. The van der Waals surface area contributed by atoms with E-state index < -0.39 is 52.5 Å². The van der Waals surface area contributed by atoms with Crippen LogP contribution in [-0.2, 0) is 35.8 Å². The number of carbonyl (C=O) groups is 3. The smallest absolute Gasteiger partial charge is 0.347 e. The van der Waals surface area contributed by atoms with E-state index in [1.54, 1.807) is 12.1 Å². The molecular formula is C23H25N4O12PS2. The van der Waals surface area contributed by atoms with Crippen LogP contribution >= 0.6 is 17.6 Å². The van der Waals surface area contributed by atoms with E-state index in [9.17, 15) is 34.6 Å². The van der Waals surface area contributed by atoms with Crippen LogP contribution in [0.25, 0.3) is 0 Å². The molecule has 3 rings (SSSR count). The lowest BCUT2D eigenvalue weighted by Crippen LogP contribution is -2.35. The molecule has 0 aromatic heterocycles. The average molecular weight is 645 g/mol. The number of amides is 1. The lowest BCUT2D eigenvalue weighted by molar-refractivity contribution is -0.789. The maximum atomic E-state index is 13.1. The molecule has 0 bridgehead atoms. The van der Waals surface area contributed by atoms with E-state index >= 15 is 0 Å². The molecule has 19 heteroatoms. The van der Waals surface area contributed by atoms with Crippen molar-refractivity contribution < 1.29 is 48.4 Å². The number of hydrogen-bond acceptors (Lipinski definition) is 13. The van der Waals surface area contributed by atoms with E-state index in [1.807, 2.05) is 0 Å². The van der Waals surface area contributed by atoms with Gasteiger partial charge in [-0.05, 0) is 36.4 Å². The Morgan fingerprint density at radius 3 is 2.36 bits per heavy atom. The molecule has 0 radical (unpaired) electrons. The van der Waals surface area contributed by atoms with E-state index in [0.29, 0.717) is 26.3 Å². The van der Waals surface area contributed by atoms with Crippen LogP contribution in [0.1, 0.15) is 23.7 Å². The van der Waals surface area contributed by atoms with E-state index in [0.717, 1.165) is 11.4 Å². The van der Waals surface area contributed by atoms with Crippen molar-refractivity contribution in [3.05, 3.63) is 68.3 Å². The highest BCUT2D eigenvalue weighted by atomic mass is 32.9. The van der Waals surface area contributed by atoms with Crippen LogP contribution in [0.5, 0.6) is 11.5 Å². The van der Waals surface area contributed by atoms with Gasteiger partial charge < -0.3 is 29.2 Å². The summed E-state index contributed by atoms with van der Waals surface area (Å²) < 4.78 is 18.1. The van der Waals surface area contributed by atoms with E-state index in [1.165, 1.54) is 31.2 Å². The quantitative estimate of drug-likeness (QED) is 0.0803. The van der Waals surface area contributed by atoms with E-state index in [-0.39, 0.29) is 22.7 Å². The predicted molar refractivity (Wildman–Crippen MR) is 153 cm³/mol. The molecule has 16 nitrogen and oxygen atoms in total. The van der Waals surface area contributed by atoms with Crippen LogP contribution in [-0.4, -0.2) is 71.7 Å². The van der Waals surface area contributed by atoms with Gasteiger partial charge in [-0.15, -0.1) is 32.5 Å². The van der Waals surface area contributed by atoms with Gasteiger partial charge in [0, 0.05) is 37.1 Å². The van der Waals surface area contributed by atoms with Gasteiger partial charge in [-0.1, -0.05) is 11.8 Å². The minimum atomic E-state index is -2.35. The summed E-state index contributed by atoms with van der Waals surface area (Å²) >= 11 is 10.5. The fourth-order valence-corrected chi connectivity index (χ4v) is 7.02. The molecule has 1 heterocycles. The van der Waals surface area contributed by atoms with Crippen LogP contribution < -0.4 is 20.1 Å². The van der Waals surface area contributed by atoms with Crippen molar-refractivity contribution in [2.45, 2.75) is 19.4 Å². The van der Waals surface area contributed by atoms with Crippen molar-refractivity contribution in [2.75, 3.05) is 38.2 Å². The second-order valence-electron chi connectivity index (χ2n) is 8.53. The summed E-state index contributed by atoms with van der Waals surface area (Å²) in [6, 6.07) is 10.2. The number of esters is 2. The molecular weight excluding hydrogens is 619 g/mol. The van der Waals surface area contributed by atoms with Crippen LogP contribution in [0, 0.1) is 20.2 Å². The fraction of sp³-hybridized carbons (Fsp3) is 0.348. The summed E-state index contributed by atoms with van der Waals surface area (Å²) in [5, 5.41) is 19.6. The third-order valence-corrected chi connectivity index (χ3v) is 10.4. The second kappa shape index (κ2) is 14.9. The average Bonchev–Trinajstić information content (AvgIpc) is 2.92. The Bertz CT molecular complexity index is 1390. The highest BCUT2D eigenvalue weighted by Gasteiger charge is 2.27. The van der Waals surface area contributed by atoms with Gasteiger partial charge in [0.25, 0.3) is 10.2 Å². The molecule has 0 aliphatic carbocycles. The van der Waals surface area contributed by atoms with Gasteiger partial charge in [-0.3, -0.25) is 14.3 Å². The number of rotatable bonds is 13. The van der Waals surface area contributed by atoms with Gasteiger partial charge in [0.05, 0.1) is 25.0 Å². The van der Waals surface area contributed by atoms with Gasteiger partial charge >= 0.3 is 11.9 Å². The van der Waals surface area contributed by atoms with Gasteiger partial charge in [0.1, 0.15) is 29.8 Å². The molecule has 2 aromatic carbocycles. The molecule has 2 atom stereocenters. The number of nitrogens with zero attached hydrogens (tertiary/aromatic N) is 3. The number of ether oxygens (including phenoxy) is 3. The number of nitrogens with one attached hydrogen (secondary N) is 1. The minimum absolute atomic E-state index is 0.147. The zero-order valence-electron chi connectivity index (χ0n) is 21.9. The molecule has 1 saturated heterocycles. The van der Waals surface area contributed by atoms with Gasteiger partial charge in [-0.25, -0.2) is 4.79 Å². The highest BCUT2D eigenvalue weighted by Crippen LogP contribution is 2.53.